The van der Waals surface area contributed by atoms with E-state index in [-0.39, 0.29) is 24.1 Å². The lowest BCUT2D eigenvalue weighted by Gasteiger charge is -2.31. The largest absolute Gasteiger partial charge is 0.396 e. The molecule has 0 radical (unpaired) electrons. The Kier molecular flexibility index (Phi) is 5.77. The van der Waals surface area contributed by atoms with Gasteiger partial charge in [-0.1, -0.05) is 20.3 Å². The first-order valence-corrected chi connectivity index (χ1v) is 8.08. The Balaban J connectivity index is 1.99. The van der Waals surface area contributed by atoms with Crippen molar-refractivity contribution >= 4 is 6.03 Å². The number of rotatable bonds is 6. The van der Waals surface area contributed by atoms with Crippen LogP contribution in [0.3, 0.4) is 0 Å². The van der Waals surface area contributed by atoms with Crippen molar-refractivity contribution in [1.82, 2.24) is 15.2 Å². The number of aliphatic hydroxyl groups is 1. The molecule has 0 spiro atoms. The minimum absolute atomic E-state index is 0.0368. The van der Waals surface area contributed by atoms with E-state index >= 15 is 0 Å². The molecule has 1 heterocycles. The Hall–Kier alpha value is -1.62. The third kappa shape index (κ3) is 4.44. The summed E-state index contributed by atoms with van der Waals surface area (Å²) in [4.78, 5) is 18.4. The van der Waals surface area contributed by atoms with Gasteiger partial charge in [0.2, 0.25) is 0 Å². The SMILES string of the molecule is CC1(C)CCC[C@H]1NC(=O)N(CCCO)Cc1ccncc1. The van der Waals surface area contributed by atoms with Gasteiger partial charge < -0.3 is 15.3 Å². The fourth-order valence-corrected chi connectivity index (χ4v) is 3.06. The molecule has 5 heteroatoms. The average Bonchev–Trinajstić information content (AvgIpc) is 2.83. The second kappa shape index (κ2) is 7.58. The van der Waals surface area contributed by atoms with Crippen LogP contribution in [0, 0.1) is 5.41 Å². The zero-order valence-electron chi connectivity index (χ0n) is 13.6. The molecule has 22 heavy (non-hydrogen) atoms. The summed E-state index contributed by atoms with van der Waals surface area (Å²) in [6, 6.07) is 4.02. The van der Waals surface area contributed by atoms with E-state index in [1.165, 1.54) is 6.42 Å². The van der Waals surface area contributed by atoms with Gasteiger partial charge in [0.25, 0.3) is 0 Å². The zero-order valence-corrected chi connectivity index (χ0v) is 13.6. The number of aliphatic hydroxyl groups excluding tert-OH is 1. The van der Waals surface area contributed by atoms with E-state index in [0.717, 1.165) is 18.4 Å². The van der Waals surface area contributed by atoms with Gasteiger partial charge in [0, 0.05) is 38.1 Å². The highest BCUT2D eigenvalue weighted by Gasteiger charge is 2.36. The van der Waals surface area contributed by atoms with Crippen LogP contribution in [0.15, 0.2) is 24.5 Å². The van der Waals surface area contributed by atoms with Gasteiger partial charge in [-0.05, 0) is 42.4 Å². The van der Waals surface area contributed by atoms with Crippen molar-refractivity contribution in [2.45, 2.75) is 52.1 Å². The average molecular weight is 305 g/mol. The Labute approximate surface area is 132 Å². The summed E-state index contributed by atoms with van der Waals surface area (Å²) in [5.41, 5.74) is 1.21. The van der Waals surface area contributed by atoms with Crippen LogP contribution in [0.4, 0.5) is 4.79 Å². The Morgan fingerprint density at radius 3 is 2.77 bits per heavy atom. The van der Waals surface area contributed by atoms with Crippen molar-refractivity contribution in [2.75, 3.05) is 13.2 Å². The van der Waals surface area contributed by atoms with Gasteiger partial charge in [0.05, 0.1) is 0 Å². The molecule has 0 aliphatic heterocycles. The lowest BCUT2D eigenvalue weighted by molar-refractivity contribution is 0.173. The first-order valence-electron chi connectivity index (χ1n) is 8.08. The van der Waals surface area contributed by atoms with Gasteiger partial charge in [-0.25, -0.2) is 4.79 Å². The molecule has 1 aromatic rings. The smallest absolute Gasteiger partial charge is 0.317 e. The molecule has 122 valence electrons. The van der Waals surface area contributed by atoms with Crippen molar-refractivity contribution in [3.8, 4) is 0 Å². The monoisotopic (exact) mass is 305 g/mol. The summed E-state index contributed by atoms with van der Waals surface area (Å²) < 4.78 is 0. The molecular weight excluding hydrogens is 278 g/mol. The van der Waals surface area contributed by atoms with Gasteiger partial charge >= 0.3 is 6.03 Å². The molecule has 1 aromatic heterocycles. The van der Waals surface area contributed by atoms with Gasteiger partial charge in [-0.15, -0.1) is 0 Å². The van der Waals surface area contributed by atoms with Crippen molar-refractivity contribution in [1.29, 1.82) is 0 Å². The minimum Gasteiger partial charge on any atom is -0.396 e. The van der Waals surface area contributed by atoms with Crippen LogP contribution >= 0.6 is 0 Å². The molecule has 1 saturated carbocycles. The number of carbonyl (C=O) groups excluding carboxylic acids is 1. The van der Waals surface area contributed by atoms with Crippen LogP contribution in [0.2, 0.25) is 0 Å². The predicted octanol–water partition coefficient (Wildman–Crippen LogP) is 2.55. The fraction of sp³-hybridized carbons (Fsp3) is 0.647. The molecule has 5 nitrogen and oxygen atoms in total. The molecule has 0 aromatic carbocycles. The number of carbonyl (C=O) groups is 1. The molecule has 2 amide bonds. The van der Waals surface area contributed by atoms with Crippen LogP contribution in [-0.4, -0.2) is 40.2 Å². The van der Waals surface area contributed by atoms with E-state index in [0.29, 0.717) is 19.5 Å². The molecule has 2 N–H and O–H groups in total. The maximum absolute atomic E-state index is 12.6. The fourth-order valence-electron chi connectivity index (χ4n) is 3.06. The minimum atomic E-state index is -0.0368. The number of nitrogens with zero attached hydrogens (tertiary/aromatic N) is 2. The summed E-state index contributed by atoms with van der Waals surface area (Å²) in [5.74, 6) is 0. The molecule has 2 rings (SSSR count). The third-order valence-corrected chi connectivity index (χ3v) is 4.55. The van der Waals surface area contributed by atoms with Gasteiger partial charge in [0.1, 0.15) is 0 Å². The second-order valence-electron chi connectivity index (χ2n) is 6.74. The first kappa shape index (κ1) is 16.7. The Morgan fingerprint density at radius 1 is 1.45 bits per heavy atom. The lowest BCUT2D eigenvalue weighted by Crippen LogP contribution is -2.48. The van der Waals surface area contributed by atoms with Crippen LogP contribution in [0.5, 0.6) is 0 Å². The summed E-state index contributed by atoms with van der Waals surface area (Å²) in [5, 5.41) is 12.3. The van der Waals surface area contributed by atoms with Gasteiger partial charge in [-0.3, -0.25) is 4.98 Å². The molecule has 0 saturated heterocycles. The number of aromatic nitrogens is 1. The normalized spacial score (nSPS) is 19.9. The standard InChI is InChI=1S/C17H27N3O2/c1-17(2)8-3-5-15(17)19-16(22)20(11-4-12-21)13-14-6-9-18-10-7-14/h6-7,9-10,15,21H,3-5,8,11-13H2,1-2H3,(H,19,22)/t15-/m1/s1. The number of nitrogens with one attached hydrogen (secondary N) is 1. The number of urea groups is 1. The third-order valence-electron chi connectivity index (χ3n) is 4.55. The van der Waals surface area contributed by atoms with Crippen LogP contribution in [-0.2, 0) is 6.54 Å². The van der Waals surface area contributed by atoms with Crippen molar-refractivity contribution in [2.24, 2.45) is 5.41 Å². The van der Waals surface area contributed by atoms with E-state index in [2.05, 4.69) is 24.1 Å². The number of pyridine rings is 1. The molecule has 1 fully saturated rings. The van der Waals surface area contributed by atoms with Crippen molar-refractivity contribution < 1.29 is 9.90 Å². The first-order chi connectivity index (χ1) is 10.5. The van der Waals surface area contributed by atoms with E-state index in [1.807, 2.05) is 12.1 Å². The van der Waals surface area contributed by atoms with E-state index < -0.39 is 0 Å². The van der Waals surface area contributed by atoms with Crippen LogP contribution in [0.1, 0.15) is 45.1 Å². The maximum Gasteiger partial charge on any atom is 0.317 e. The molecule has 1 atom stereocenters. The Morgan fingerprint density at radius 2 is 2.18 bits per heavy atom. The summed E-state index contributed by atoms with van der Waals surface area (Å²) in [6.07, 6.45) is 7.42. The highest BCUT2D eigenvalue weighted by atomic mass is 16.3. The highest BCUT2D eigenvalue weighted by molar-refractivity contribution is 5.74. The predicted molar refractivity (Wildman–Crippen MR) is 86.3 cm³/mol. The molecule has 1 aliphatic carbocycles. The van der Waals surface area contributed by atoms with Gasteiger partial charge in [-0.2, -0.15) is 0 Å². The Bertz CT molecular complexity index is 476. The topological polar surface area (TPSA) is 65.5 Å². The van der Waals surface area contributed by atoms with Crippen molar-refractivity contribution in [3.63, 3.8) is 0 Å². The summed E-state index contributed by atoms with van der Waals surface area (Å²) >= 11 is 0. The van der Waals surface area contributed by atoms with Gasteiger partial charge in [0.15, 0.2) is 0 Å². The van der Waals surface area contributed by atoms with Crippen LogP contribution < -0.4 is 5.32 Å². The van der Waals surface area contributed by atoms with E-state index in [1.54, 1.807) is 17.3 Å². The summed E-state index contributed by atoms with van der Waals surface area (Å²) in [6.45, 7) is 5.62. The number of amides is 2. The summed E-state index contributed by atoms with van der Waals surface area (Å²) in [7, 11) is 0. The quantitative estimate of drug-likeness (QED) is 0.849. The second-order valence-corrected chi connectivity index (χ2v) is 6.74. The molecule has 0 unspecified atom stereocenters. The zero-order chi connectivity index (χ0) is 16.0. The van der Waals surface area contributed by atoms with E-state index in [4.69, 9.17) is 5.11 Å². The van der Waals surface area contributed by atoms with Crippen molar-refractivity contribution in [3.05, 3.63) is 30.1 Å². The van der Waals surface area contributed by atoms with Crippen LogP contribution in [0.25, 0.3) is 0 Å². The van der Waals surface area contributed by atoms with E-state index in [9.17, 15) is 4.79 Å². The lowest BCUT2D eigenvalue weighted by atomic mass is 9.87. The highest BCUT2D eigenvalue weighted by Crippen LogP contribution is 2.37. The molecule has 0 bridgehead atoms. The number of hydrogen-bond acceptors (Lipinski definition) is 3. The number of hydrogen-bond donors (Lipinski definition) is 2. The molecular formula is C17H27N3O2. The molecule has 1 aliphatic rings. The maximum atomic E-state index is 12.6.